The molecule has 1 N–H and O–H groups in total. The first kappa shape index (κ1) is 12.1. The first-order valence-electron chi connectivity index (χ1n) is 4.73. The van der Waals surface area contributed by atoms with Crippen molar-refractivity contribution in [2.75, 3.05) is 0 Å². The van der Waals surface area contributed by atoms with Gasteiger partial charge in [0.15, 0.2) is 11.2 Å². The van der Waals surface area contributed by atoms with Crippen molar-refractivity contribution < 1.29 is 19.1 Å². The van der Waals surface area contributed by atoms with Crippen LogP contribution in [0.25, 0.3) is 10.9 Å². The summed E-state index contributed by atoms with van der Waals surface area (Å²) in [5, 5.41) is 0.406. The number of carbonyl (C=O) groups is 2. The van der Waals surface area contributed by atoms with E-state index in [1.54, 1.807) is 0 Å². The normalized spacial score (nSPS) is 10.1. The van der Waals surface area contributed by atoms with Gasteiger partial charge in [-0.05, 0) is 12.1 Å². The van der Waals surface area contributed by atoms with Crippen LogP contribution in [0.1, 0.15) is 0 Å². The van der Waals surface area contributed by atoms with E-state index in [2.05, 4.69) is 9.72 Å². The van der Waals surface area contributed by atoms with Gasteiger partial charge in [-0.3, -0.25) is 14.4 Å². The molecule has 0 radical (unpaired) electrons. The van der Waals surface area contributed by atoms with Crippen molar-refractivity contribution in [3.05, 3.63) is 33.4 Å². The van der Waals surface area contributed by atoms with Gasteiger partial charge in [-0.2, -0.15) is 0 Å². The van der Waals surface area contributed by atoms with Gasteiger partial charge in [-0.25, -0.2) is 0 Å². The highest BCUT2D eigenvalue weighted by Gasteiger charge is 2.12. The number of aromatic amines is 1. The quantitative estimate of drug-likeness (QED) is 0.843. The van der Waals surface area contributed by atoms with Gasteiger partial charge in [0.05, 0.1) is 10.5 Å². The summed E-state index contributed by atoms with van der Waals surface area (Å²) in [6.45, 7) is 0.355. The zero-order chi connectivity index (χ0) is 13.1. The molecular weight excluding hydrogens is 262 g/mol. The Morgan fingerprint density at radius 2 is 1.89 bits per heavy atom. The molecule has 0 aliphatic rings. The molecule has 6 nitrogen and oxygen atoms in total. The standard InChI is InChI=1S/C11H6ClNO5/c12-7-2-1-6-8(16)3-9(17-4-14)13-10(6)11(7)18-5-15/h1-5H,(H,13,16). The van der Waals surface area contributed by atoms with Gasteiger partial charge in [0.2, 0.25) is 5.88 Å². The lowest BCUT2D eigenvalue weighted by molar-refractivity contribution is -0.121. The van der Waals surface area contributed by atoms with Crippen LogP contribution in [-0.2, 0) is 9.59 Å². The maximum atomic E-state index is 11.7. The topological polar surface area (TPSA) is 85.5 Å². The predicted octanol–water partition coefficient (Wildman–Crippen LogP) is 1.25. The summed E-state index contributed by atoms with van der Waals surface area (Å²) < 4.78 is 9.26. The van der Waals surface area contributed by atoms with Crippen LogP contribution in [0.3, 0.4) is 0 Å². The van der Waals surface area contributed by atoms with Crippen LogP contribution in [0.15, 0.2) is 23.0 Å². The molecule has 2 rings (SSSR count). The average molecular weight is 268 g/mol. The largest absolute Gasteiger partial charge is 0.425 e. The van der Waals surface area contributed by atoms with Crippen molar-refractivity contribution in [2.24, 2.45) is 0 Å². The first-order valence-corrected chi connectivity index (χ1v) is 5.11. The van der Waals surface area contributed by atoms with Crippen LogP contribution in [0.4, 0.5) is 0 Å². The molecule has 92 valence electrons. The number of hydrogen-bond donors (Lipinski definition) is 1. The predicted molar refractivity (Wildman–Crippen MR) is 63.0 cm³/mol. The maximum Gasteiger partial charge on any atom is 0.299 e. The summed E-state index contributed by atoms with van der Waals surface area (Å²) in [6.07, 6.45) is 0. The molecule has 0 saturated carbocycles. The Bertz CT molecular complexity index is 679. The van der Waals surface area contributed by atoms with Gasteiger partial charge in [-0.1, -0.05) is 11.6 Å². The number of halogens is 1. The monoisotopic (exact) mass is 267 g/mol. The minimum absolute atomic E-state index is 0.00221. The van der Waals surface area contributed by atoms with E-state index >= 15 is 0 Å². The van der Waals surface area contributed by atoms with Gasteiger partial charge < -0.3 is 14.5 Å². The third-order valence-corrected chi connectivity index (χ3v) is 2.52. The molecule has 1 aromatic carbocycles. The Morgan fingerprint density at radius 3 is 2.56 bits per heavy atom. The van der Waals surface area contributed by atoms with Crippen molar-refractivity contribution in [3.63, 3.8) is 0 Å². The van der Waals surface area contributed by atoms with Gasteiger partial charge in [0, 0.05) is 11.5 Å². The lowest BCUT2D eigenvalue weighted by Crippen LogP contribution is -2.06. The number of nitrogens with one attached hydrogen (secondary N) is 1. The van der Waals surface area contributed by atoms with Crippen LogP contribution in [0.5, 0.6) is 11.6 Å². The molecule has 0 bridgehead atoms. The van der Waals surface area contributed by atoms with E-state index in [1.807, 2.05) is 0 Å². The zero-order valence-electron chi connectivity index (χ0n) is 8.81. The molecule has 0 aliphatic heterocycles. The van der Waals surface area contributed by atoms with E-state index in [0.717, 1.165) is 6.07 Å². The molecule has 18 heavy (non-hydrogen) atoms. The molecule has 0 saturated heterocycles. The Labute approximate surface area is 105 Å². The second-order valence-corrected chi connectivity index (χ2v) is 3.63. The molecule has 0 fully saturated rings. The summed E-state index contributed by atoms with van der Waals surface area (Å²) in [5.41, 5.74) is -0.216. The van der Waals surface area contributed by atoms with Crippen LogP contribution in [-0.4, -0.2) is 17.9 Å². The van der Waals surface area contributed by atoms with Crippen molar-refractivity contribution in [3.8, 4) is 11.6 Å². The number of fused-ring (bicyclic) bond motifs is 1. The molecule has 1 aromatic heterocycles. The van der Waals surface area contributed by atoms with Crippen molar-refractivity contribution in [1.29, 1.82) is 0 Å². The number of benzene rings is 1. The lowest BCUT2D eigenvalue weighted by Gasteiger charge is -2.07. The van der Waals surface area contributed by atoms with Gasteiger partial charge >= 0.3 is 0 Å². The van der Waals surface area contributed by atoms with E-state index in [-0.39, 0.29) is 40.5 Å². The van der Waals surface area contributed by atoms with E-state index < -0.39 is 5.43 Å². The zero-order valence-corrected chi connectivity index (χ0v) is 9.56. The molecule has 7 heteroatoms. The summed E-state index contributed by atoms with van der Waals surface area (Å²) in [4.78, 5) is 35.0. The van der Waals surface area contributed by atoms with Gasteiger partial charge in [0.25, 0.3) is 12.9 Å². The summed E-state index contributed by atoms with van der Waals surface area (Å²) >= 11 is 5.85. The van der Waals surface area contributed by atoms with E-state index in [4.69, 9.17) is 16.3 Å². The Morgan fingerprint density at radius 1 is 1.17 bits per heavy atom. The number of H-pyrrole nitrogens is 1. The highest BCUT2D eigenvalue weighted by atomic mass is 35.5. The third kappa shape index (κ3) is 2.05. The number of aromatic nitrogens is 1. The van der Waals surface area contributed by atoms with E-state index in [0.29, 0.717) is 0 Å². The molecule has 0 amide bonds. The second-order valence-electron chi connectivity index (χ2n) is 3.23. The summed E-state index contributed by atoms with van der Waals surface area (Å²) in [5.74, 6) is -0.0712. The Kier molecular flexibility index (Phi) is 3.29. The molecule has 0 atom stereocenters. The lowest BCUT2D eigenvalue weighted by atomic mass is 10.2. The number of hydrogen-bond acceptors (Lipinski definition) is 5. The number of rotatable bonds is 4. The van der Waals surface area contributed by atoms with Gasteiger partial charge in [-0.15, -0.1) is 0 Å². The van der Waals surface area contributed by atoms with Crippen molar-refractivity contribution >= 4 is 35.4 Å². The molecule has 0 spiro atoms. The molecule has 0 aliphatic carbocycles. The second kappa shape index (κ2) is 4.89. The maximum absolute atomic E-state index is 11.7. The van der Waals surface area contributed by atoms with Crippen LogP contribution in [0.2, 0.25) is 5.02 Å². The first-order chi connectivity index (χ1) is 8.67. The smallest absolute Gasteiger partial charge is 0.299 e. The summed E-state index contributed by atoms with van der Waals surface area (Å²) in [7, 11) is 0. The van der Waals surface area contributed by atoms with E-state index in [1.165, 1.54) is 12.1 Å². The number of carbonyl (C=O) groups excluding carboxylic acids is 2. The minimum Gasteiger partial charge on any atom is -0.425 e. The van der Waals surface area contributed by atoms with Crippen LogP contribution >= 0.6 is 11.6 Å². The van der Waals surface area contributed by atoms with E-state index in [9.17, 15) is 14.4 Å². The van der Waals surface area contributed by atoms with Crippen LogP contribution in [0, 0.1) is 0 Å². The van der Waals surface area contributed by atoms with Crippen molar-refractivity contribution in [2.45, 2.75) is 0 Å². The summed E-state index contributed by atoms with van der Waals surface area (Å²) in [6, 6.07) is 4.01. The molecular formula is C11H6ClNO5. The fourth-order valence-electron chi connectivity index (χ4n) is 1.52. The average Bonchev–Trinajstić information content (AvgIpc) is 2.33. The Balaban J connectivity index is 2.80. The fourth-order valence-corrected chi connectivity index (χ4v) is 1.72. The SMILES string of the molecule is O=COc1cc(=O)c2ccc(Cl)c(OC=O)c2[nH]1. The molecule has 0 unspecified atom stereocenters. The molecule has 1 heterocycles. The third-order valence-electron chi connectivity index (χ3n) is 2.23. The number of pyridine rings is 1. The Hall–Kier alpha value is -2.34. The minimum atomic E-state index is -0.395. The van der Waals surface area contributed by atoms with Gasteiger partial charge in [0.1, 0.15) is 0 Å². The molecule has 2 aromatic rings. The fraction of sp³-hybridized carbons (Fsp3) is 0. The van der Waals surface area contributed by atoms with Crippen LogP contribution < -0.4 is 14.9 Å². The highest BCUT2D eigenvalue weighted by Crippen LogP contribution is 2.31. The van der Waals surface area contributed by atoms with Crippen molar-refractivity contribution in [1.82, 2.24) is 4.98 Å². The number of ether oxygens (including phenoxy) is 2. The highest BCUT2D eigenvalue weighted by molar-refractivity contribution is 6.33.